The molecule has 1 atom stereocenters. The Morgan fingerprint density at radius 2 is 2.00 bits per heavy atom. The first-order valence-electron chi connectivity index (χ1n) is 9.43. The van der Waals surface area contributed by atoms with Crippen molar-refractivity contribution in [1.82, 2.24) is 14.8 Å². The van der Waals surface area contributed by atoms with Gasteiger partial charge in [0.05, 0.1) is 32.3 Å². The van der Waals surface area contributed by atoms with E-state index in [1.165, 1.54) is 0 Å². The first kappa shape index (κ1) is 19.8. The zero-order valence-electron chi connectivity index (χ0n) is 15.5. The van der Waals surface area contributed by atoms with E-state index in [0.29, 0.717) is 19.6 Å². The zero-order valence-corrected chi connectivity index (χ0v) is 15.5. The molecule has 0 spiro atoms. The van der Waals surface area contributed by atoms with E-state index in [4.69, 9.17) is 23.8 Å². The highest BCUT2D eigenvalue weighted by atomic mass is 16.5. The number of hydrogen-bond donors (Lipinski definition) is 1. The van der Waals surface area contributed by atoms with E-state index in [1.807, 2.05) is 4.90 Å². The van der Waals surface area contributed by atoms with Gasteiger partial charge >= 0.3 is 0 Å². The summed E-state index contributed by atoms with van der Waals surface area (Å²) in [5.41, 5.74) is 0.933. The standard InChI is InChI=1S/C17H25N3O4.CH2O2/c21-16(2-4-19-6-9-22-10-7-19)20-5-1-15-14(11-20)18-17(24-15)13-3-8-23-12-13;2-1-3/h13H,1-12H2;1H,(H,2,3). The van der Waals surface area contributed by atoms with Gasteiger partial charge < -0.3 is 23.9 Å². The van der Waals surface area contributed by atoms with E-state index >= 15 is 0 Å². The molecule has 9 heteroatoms. The maximum absolute atomic E-state index is 12.5. The number of morpholine rings is 1. The van der Waals surface area contributed by atoms with Crippen LogP contribution in [0.1, 0.15) is 36.1 Å². The Bertz CT molecular complexity index is 623. The van der Waals surface area contributed by atoms with Crippen LogP contribution in [0, 0.1) is 0 Å². The number of nitrogens with zero attached hydrogens (tertiary/aromatic N) is 3. The van der Waals surface area contributed by atoms with Crippen molar-refractivity contribution in [3.8, 4) is 0 Å². The summed E-state index contributed by atoms with van der Waals surface area (Å²) in [6.07, 6.45) is 2.30. The van der Waals surface area contributed by atoms with Crippen LogP contribution in [-0.4, -0.2) is 84.9 Å². The lowest BCUT2D eigenvalue weighted by Crippen LogP contribution is -2.41. The van der Waals surface area contributed by atoms with Crippen LogP contribution in [-0.2, 0) is 32.0 Å². The summed E-state index contributed by atoms with van der Waals surface area (Å²) in [5, 5.41) is 6.89. The van der Waals surface area contributed by atoms with Gasteiger partial charge in [0.15, 0.2) is 5.89 Å². The molecule has 3 aliphatic rings. The average Bonchev–Trinajstić information content (AvgIpc) is 3.36. The molecule has 0 aromatic carbocycles. The van der Waals surface area contributed by atoms with Crippen molar-refractivity contribution in [3.63, 3.8) is 0 Å². The van der Waals surface area contributed by atoms with Crippen molar-refractivity contribution in [2.24, 2.45) is 0 Å². The van der Waals surface area contributed by atoms with Crippen LogP contribution < -0.4 is 0 Å². The Kier molecular flexibility index (Phi) is 7.19. The molecule has 1 aromatic heterocycles. The van der Waals surface area contributed by atoms with Crippen molar-refractivity contribution in [2.45, 2.75) is 31.7 Å². The predicted molar refractivity (Wildman–Crippen MR) is 94.4 cm³/mol. The lowest BCUT2D eigenvalue weighted by Gasteiger charge is -2.29. The molecule has 1 unspecified atom stereocenters. The van der Waals surface area contributed by atoms with Crippen LogP contribution in [0.5, 0.6) is 0 Å². The van der Waals surface area contributed by atoms with Crippen molar-refractivity contribution < 1.29 is 28.6 Å². The van der Waals surface area contributed by atoms with Gasteiger partial charge in [0.25, 0.3) is 6.47 Å². The number of hydrogen-bond acceptors (Lipinski definition) is 7. The second-order valence-corrected chi connectivity index (χ2v) is 6.86. The molecule has 1 N–H and O–H groups in total. The fourth-order valence-corrected chi connectivity index (χ4v) is 3.57. The van der Waals surface area contributed by atoms with Crippen LogP contribution >= 0.6 is 0 Å². The third-order valence-corrected chi connectivity index (χ3v) is 5.12. The van der Waals surface area contributed by atoms with Crippen LogP contribution in [0.3, 0.4) is 0 Å². The molecule has 4 rings (SSSR count). The van der Waals surface area contributed by atoms with Gasteiger partial charge in [-0.05, 0) is 6.42 Å². The number of oxazole rings is 1. The van der Waals surface area contributed by atoms with Gasteiger partial charge in [-0.25, -0.2) is 4.98 Å². The lowest BCUT2D eigenvalue weighted by atomic mass is 10.1. The number of ether oxygens (including phenoxy) is 2. The van der Waals surface area contributed by atoms with Crippen molar-refractivity contribution >= 4 is 12.4 Å². The molecule has 2 saturated heterocycles. The molecule has 0 aliphatic carbocycles. The monoisotopic (exact) mass is 381 g/mol. The van der Waals surface area contributed by atoms with E-state index in [9.17, 15) is 4.79 Å². The highest BCUT2D eigenvalue weighted by Crippen LogP contribution is 2.29. The fraction of sp³-hybridized carbons (Fsp3) is 0.722. The maximum Gasteiger partial charge on any atom is 0.290 e. The molecule has 9 nitrogen and oxygen atoms in total. The Balaban J connectivity index is 0.000000659. The predicted octanol–water partition coefficient (Wildman–Crippen LogP) is 0.486. The fourth-order valence-electron chi connectivity index (χ4n) is 3.57. The van der Waals surface area contributed by atoms with Gasteiger partial charge in [-0.2, -0.15) is 0 Å². The van der Waals surface area contributed by atoms with Gasteiger partial charge in [0.1, 0.15) is 11.5 Å². The first-order chi connectivity index (χ1) is 13.2. The largest absolute Gasteiger partial charge is 0.483 e. The molecule has 4 heterocycles. The quantitative estimate of drug-likeness (QED) is 0.751. The second kappa shape index (κ2) is 9.82. The van der Waals surface area contributed by atoms with Crippen LogP contribution in [0.2, 0.25) is 0 Å². The summed E-state index contributed by atoms with van der Waals surface area (Å²) >= 11 is 0. The number of carboxylic acid groups (broad SMARTS) is 1. The molecular formula is C18H27N3O6. The van der Waals surface area contributed by atoms with E-state index in [2.05, 4.69) is 9.88 Å². The van der Waals surface area contributed by atoms with Gasteiger partial charge in [-0.3, -0.25) is 14.5 Å². The van der Waals surface area contributed by atoms with Crippen molar-refractivity contribution in [1.29, 1.82) is 0 Å². The lowest BCUT2D eigenvalue weighted by molar-refractivity contribution is -0.132. The van der Waals surface area contributed by atoms with Crippen molar-refractivity contribution in [2.75, 3.05) is 52.6 Å². The summed E-state index contributed by atoms with van der Waals surface area (Å²) in [5.74, 6) is 2.23. The second-order valence-electron chi connectivity index (χ2n) is 6.86. The molecule has 150 valence electrons. The van der Waals surface area contributed by atoms with Gasteiger partial charge in [0, 0.05) is 45.6 Å². The van der Waals surface area contributed by atoms with E-state index < -0.39 is 0 Å². The Hall–Kier alpha value is -1.97. The van der Waals surface area contributed by atoms with Crippen LogP contribution in [0.15, 0.2) is 4.42 Å². The summed E-state index contributed by atoms with van der Waals surface area (Å²) in [6, 6.07) is 0. The number of carbonyl (C=O) groups is 2. The normalized spacial score (nSPS) is 22.7. The van der Waals surface area contributed by atoms with Crippen molar-refractivity contribution in [3.05, 3.63) is 17.3 Å². The minimum atomic E-state index is -0.250. The SMILES string of the molecule is O=C(CCN1CCOCC1)N1CCc2oc(C3CCOC3)nc2C1.O=CO. The summed E-state index contributed by atoms with van der Waals surface area (Å²) < 4.78 is 16.7. The zero-order chi connectivity index (χ0) is 19.1. The third kappa shape index (κ3) is 5.27. The topological polar surface area (TPSA) is 105 Å². The minimum Gasteiger partial charge on any atom is -0.483 e. The number of rotatable bonds is 4. The molecule has 1 amide bonds. The van der Waals surface area contributed by atoms with Gasteiger partial charge in [0.2, 0.25) is 5.91 Å². The van der Waals surface area contributed by atoms with E-state index in [1.54, 1.807) is 0 Å². The van der Waals surface area contributed by atoms with Gasteiger partial charge in [-0.15, -0.1) is 0 Å². The number of carbonyl (C=O) groups excluding carboxylic acids is 1. The Morgan fingerprint density at radius 3 is 2.70 bits per heavy atom. The van der Waals surface area contributed by atoms with Crippen LogP contribution in [0.25, 0.3) is 0 Å². The minimum absolute atomic E-state index is 0.209. The van der Waals surface area contributed by atoms with E-state index in [-0.39, 0.29) is 18.3 Å². The summed E-state index contributed by atoms with van der Waals surface area (Å²) in [4.78, 5) is 29.7. The molecule has 1 aromatic rings. The molecule has 0 saturated carbocycles. The Morgan fingerprint density at radius 1 is 1.22 bits per heavy atom. The molecule has 2 fully saturated rings. The molecule has 0 radical (unpaired) electrons. The molecule has 0 bridgehead atoms. The molecule has 27 heavy (non-hydrogen) atoms. The number of amides is 1. The average molecular weight is 381 g/mol. The van der Waals surface area contributed by atoms with E-state index in [0.717, 1.165) is 76.2 Å². The van der Waals surface area contributed by atoms with Crippen LogP contribution in [0.4, 0.5) is 0 Å². The third-order valence-electron chi connectivity index (χ3n) is 5.12. The smallest absolute Gasteiger partial charge is 0.290 e. The first-order valence-corrected chi connectivity index (χ1v) is 9.43. The number of aromatic nitrogens is 1. The maximum atomic E-state index is 12.5. The summed E-state index contributed by atoms with van der Waals surface area (Å²) in [7, 11) is 0. The van der Waals surface area contributed by atoms with Gasteiger partial charge in [-0.1, -0.05) is 0 Å². The highest BCUT2D eigenvalue weighted by molar-refractivity contribution is 5.76. The Labute approximate surface area is 158 Å². The highest BCUT2D eigenvalue weighted by Gasteiger charge is 2.29. The molecule has 3 aliphatic heterocycles. The summed E-state index contributed by atoms with van der Waals surface area (Å²) in [6.45, 7) is 6.74. The molecular weight excluding hydrogens is 354 g/mol. The number of fused-ring (bicyclic) bond motifs is 1.